The zero-order chi connectivity index (χ0) is 12.8. The van der Waals surface area contributed by atoms with Crippen molar-refractivity contribution in [2.24, 2.45) is 11.7 Å². The molecule has 3 nitrogen and oxygen atoms in total. The van der Waals surface area contributed by atoms with E-state index in [9.17, 15) is 0 Å². The van der Waals surface area contributed by atoms with Crippen LogP contribution in [0, 0.1) is 5.92 Å². The molecule has 0 bridgehead atoms. The normalized spacial score (nSPS) is 12.8. The highest BCUT2D eigenvalue weighted by Crippen LogP contribution is 2.13. The van der Waals surface area contributed by atoms with Crippen LogP contribution in [0.15, 0.2) is 18.3 Å². The molecule has 96 valence electrons. The summed E-state index contributed by atoms with van der Waals surface area (Å²) in [5.74, 6) is 1.72. The van der Waals surface area contributed by atoms with Crippen LogP contribution >= 0.6 is 0 Å². The lowest BCUT2D eigenvalue weighted by molar-refractivity contribution is 0.614. The van der Waals surface area contributed by atoms with Gasteiger partial charge < -0.3 is 10.6 Å². The van der Waals surface area contributed by atoms with Gasteiger partial charge in [0.15, 0.2) is 0 Å². The van der Waals surface area contributed by atoms with Gasteiger partial charge in [0.05, 0.1) is 0 Å². The Hall–Kier alpha value is -1.09. The monoisotopic (exact) mass is 235 g/mol. The topological polar surface area (TPSA) is 42.1 Å². The first-order chi connectivity index (χ1) is 8.02. The van der Waals surface area contributed by atoms with Gasteiger partial charge in [-0.3, -0.25) is 0 Å². The summed E-state index contributed by atoms with van der Waals surface area (Å²) in [7, 11) is 0. The molecule has 17 heavy (non-hydrogen) atoms. The Morgan fingerprint density at radius 1 is 1.29 bits per heavy atom. The van der Waals surface area contributed by atoms with Crippen molar-refractivity contribution in [3.05, 3.63) is 23.9 Å². The first-order valence-corrected chi connectivity index (χ1v) is 6.48. The second-order valence-electron chi connectivity index (χ2n) is 5.14. The summed E-state index contributed by atoms with van der Waals surface area (Å²) in [5.41, 5.74) is 6.99. The summed E-state index contributed by atoms with van der Waals surface area (Å²) in [6.07, 6.45) is 2.84. The van der Waals surface area contributed by atoms with Crippen LogP contribution in [0.3, 0.4) is 0 Å². The number of hydrogen-bond donors (Lipinski definition) is 1. The van der Waals surface area contributed by atoms with Crippen molar-refractivity contribution < 1.29 is 0 Å². The van der Waals surface area contributed by atoms with E-state index < -0.39 is 0 Å². The Morgan fingerprint density at radius 3 is 2.41 bits per heavy atom. The molecule has 0 radical (unpaired) electrons. The van der Waals surface area contributed by atoms with Gasteiger partial charge in [0.2, 0.25) is 0 Å². The van der Waals surface area contributed by atoms with E-state index in [4.69, 9.17) is 5.73 Å². The Morgan fingerprint density at radius 2 is 2.00 bits per heavy atom. The van der Waals surface area contributed by atoms with Gasteiger partial charge in [0, 0.05) is 25.3 Å². The SMILES string of the molecule is CCN(CC(C)C)c1ccc(CC(C)N)cn1. The molecule has 1 rings (SSSR count). The molecule has 1 aromatic heterocycles. The molecule has 1 aromatic rings. The number of hydrogen-bond acceptors (Lipinski definition) is 3. The van der Waals surface area contributed by atoms with Gasteiger partial charge in [-0.25, -0.2) is 4.98 Å². The summed E-state index contributed by atoms with van der Waals surface area (Å²) in [5, 5.41) is 0. The third-order valence-electron chi connectivity index (χ3n) is 2.66. The lowest BCUT2D eigenvalue weighted by Crippen LogP contribution is -2.28. The van der Waals surface area contributed by atoms with Crippen LogP contribution in [-0.4, -0.2) is 24.1 Å². The van der Waals surface area contributed by atoms with Gasteiger partial charge >= 0.3 is 0 Å². The number of aromatic nitrogens is 1. The second kappa shape index (κ2) is 6.60. The molecule has 2 N–H and O–H groups in total. The molecule has 0 spiro atoms. The Balaban J connectivity index is 2.70. The summed E-state index contributed by atoms with van der Waals surface area (Å²) in [6, 6.07) is 4.43. The molecule has 1 heterocycles. The second-order valence-corrected chi connectivity index (χ2v) is 5.14. The van der Waals surface area contributed by atoms with Gasteiger partial charge in [-0.15, -0.1) is 0 Å². The van der Waals surface area contributed by atoms with E-state index in [1.807, 2.05) is 13.1 Å². The molecule has 1 unspecified atom stereocenters. The quantitative estimate of drug-likeness (QED) is 0.823. The maximum absolute atomic E-state index is 5.78. The Bertz CT molecular complexity index is 317. The predicted molar refractivity (Wildman–Crippen MR) is 74.3 cm³/mol. The molecule has 0 saturated carbocycles. The molecule has 0 aliphatic heterocycles. The van der Waals surface area contributed by atoms with Gasteiger partial charge in [0.25, 0.3) is 0 Å². The Kier molecular flexibility index (Phi) is 5.42. The molecule has 0 aromatic carbocycles. The van der Waals surface area contributed by atoms with Crippen molar-refractivity contribution in [2.45, 2.75) is 40.2 Å². The van der Waals surface area contributed by atoms with E-state index in [1.54, 1.807) is 0 Å². The maximum Gasteiger partial charge on any atom is 0.128 e. The van der Waals surface area contributed by atoms with E-state index in [-0.39, 0.29) is 6.04 Å². The fraction of sp³-hybridized carbons (Fsp3) is 0.643. The highest BCUT2D eigenvalue weighted by molar-refractivity contribution is 5.39. The summed E-state index contributed by atoms with van der Waals surface area (Å²) < 4.78 is 0. The highest BCUT2D eigenvalue weighted by Gasteiger charge is 2.07. The largest absolute Gasteiger partial charge is 0.357 e. The van der Waals surface area contributed by atoms with Crippen LogP contribution < -0.4 is 10.6 Å². The van der Waals surface area contributed by atoms with E-state index in [1.165, 1.54) is 5.56 Å². The first kappa shape index (κ1) is 14.0. The third kappa shape index (κ3) is 4.73. The fourth-order valence-corrected chi connectivity index (χ4v) is 1.92. The molecular weight excluding hydrogens is 210 g/mol. The molecule has 0 amide bonds. The summed E-state index contributed by atoms with van der Waals surface area (Å²) >= 11 is 0. The fourth-order valence-electron chi connectivity index (χ4n) is 1.92. The lowest BCUT2D eigenvalue weighted by atomic mass is 10.1. The van der Waals surface area contributed by atoms with E-state index in [2.05, 4.69) is 42.8 Å². The minimum absolute atomic E-state index is 0.195. The lowest BCUT2D eigenvalue weighted by Gasteiger charge is -2.24. The van der Waals surface area contributed by atoms with Crippen molar-refractivity contribution >= 4 is 5.82 Å². The summed E-state index contributed by atoms with van der Waals surface area (Å²) in [6.45, 7) is 10.7. The van der Waals surface area contributed by atoms with Crippen LogP contribution in [0.25, 0.3) is 0 Å². The average molecular weight is 235 g/mol. The van der Waals surface area contributed by atoms with Crippen molar-refractivity contribution in [3.8, 4) is 0 Å². The molecule has 0 aliphatic carbocycles. The standard InChI is InChI=1S/C14H25N3/c1-5-17(10-11(2)3)14-7-6-13(9-16-14)8-12(4)15/h6-7,9,11-12H,5,8,10,15H2,1-4H3. The molecule has 0 saturated heterocycles. The van der Waals surface area contributed by atoms with E-state index in [0.29, 0.717) is 5.92 Å². The van der Waals surface area contributed by atoms with Crippen molar-refractivity contribution in [3.63, 3.8) is 0 Å². The number of nitrogens with zero attached hydrogens (tertiary/aromatic N) is 2. The smallest absolute Gasteiger partial charge is 0.128 e. The zero-order valence-electron chi connectivity index (χ0n) is 11.5. The van der Waals surface area contributed by atoms with Gasteiger partial charge in [-0.05, 0) is 37.8 Å². The molecule has 3 heteroatoms. The van der Waals surface area contributed by atoms with Crippen LogP contribution in [0.4, 0.5) is 5.82 Å². The molecule has 0 fully saturated rings. The first-order valence-electron chi connectivity index (χ1n) is 6.48. The highest BCUT2D eigenvalue weighted by atomic mass is 15.2. The Labute approximate surface area is 105 Å². The van der Waals surface area contributed by atoms with Crippen molar-refractivity contribution in [2.75, 3.05) is 18.0 Å². The van der Waals surface area contributed by atoms with Gasteiger partial charge in [0.1, 0.15) is 5.82 Å². The van der Waals surface area contributed by atoms with E-state index >= 15 is 0 Å². The van der Waals surface area contributed by atoms with Crippen LogP contribution in [0.5, 0.6) is 0 Å². The van der Waals surface area contributed by atoms with Crippen molar-refractivity contribution in [1.29, 1.82) is 0 Å². The number of nitrogens with two attached hydrogens (primary N) is 1. The van der Waals surface area contributed by atoms with Crippen LogP contribution in [0.1, 0.15) is 33.3 Å². The molecule has 0 aliphatic rings. The number of pyridine rings is 1. The summed E-state index contributed by atoms with van der Waals surface area (Å²) in [4.78, 5) is 6.83. The van der Waals surface area contributed by atoms with Gasteiger partial charge in [-0.2, -0.15) is 0 Å². The van der Waals surface area contributed by atoms with Crippen LogP contribution in [0.2, 0.25) is 0 Å². The maximum atomic E-state index is 5.78. The molecule has 1 atom stereocenters. The van der Waals surface area contributed by atoms with Gasteiger partial charge in [-0.1, -0.05) is 19.9 Å². The minimum atomic E-state index is 0.195. The van der Waals surface area contributed by atoms with E-state index in [0.717, 1.165) is 25.3 Å². The number of anilines is 1. The third-order valence-corrected chi connectivity index (χ3v) is 2.66. The molecular formula is C14H25N3. The number of rotatable bonds is 6. The predicted octanol–water partition coefficient (Wildman–Crippen LogP) is 2.45. The van der Waals surface area contributed by atoms with Crippen LogP contribution in [-0.2, 0) is 6.42 Å². The average Bonchev–Trinajstić information content (AvgIpc) is 2.26. The zero-order valence-corrected chi connectivity index (χ0v) is 11.5. The van der Waals surface area contributed by atoms with Crippen molar-refractivity contribution in [1.82, 2.24) is 4.98 Å². The minimum Gasteiger partial charge on any atom is -0.357 e.